The molecule has 3 unspecified atom stereocenters. The lowest BCUT2D eigenvalue weighted by molar-refractivity contribution is -0.148. The summed E-state index contributed by atoms with van der Waals surface area (Å²) in [6.07, 6.45) is 3.85. The number of carboxylic acids is 1. The predicted molar refractivity (Wildman–Crippen MR) is 82.7 cm³/mol. The third kappa shape index (κ3) is 4.69. The van der Waals surface area contributed by atoms with Crippen molar-refractivity contribution in [3.63, 3.8) is 0 Å². The first-order chi connectivity index (χ1) is 9.66. The fourth-order valence-corrected chi connectivity index (χ4v) is 3.18. The molecule has 0 spiro atoms. The van der Waals surface area contributed by atoms with Crippen molar-refractivity contribution in [1.82, 2.24) is 10.2 Å². The number of carboxylic acid groups (broad SMARTS) is 1. The van der Waals surface area contributed by atoms with Gasteiger partial charge in [0.05, 0.1) is 0 Å². The quantitative estimate of drug-likeness (QED) is 0.803. The number of aliphatic carboxylic acids is 1. The monoisotopic (exact) mass is 318 g/mol. The van der Waals surface area contributed by atoms with Crippen LogP contribution in [0.3, 0.4) is 0 Å². The number of urea groups is 1. The van der Waals surface area contributed by atoms with Crippen LogP contribution in [-0.4, -0.2) is 56.9 Å². The summed E-state index contributed by atoms with van der Waals surface area (Å²) >= 11 is 0. The molecular formula is C14H26N2O4S. The molecular weight excluding hydrogens is 292 g/mol. The predicted octanol–water partition coefficient (Wildman–Crippen LogP) is 1.43. The van der Waals surface area contributed by atoms with Crippen molar-refractivity contribution in [3.05, 3.63) is 0 Å². The fourth-order valence-electron chi connectivity index (χ4n) is 2.73. The van der Waals surface area contributed by atoms with E-state index in [1.54, 1.807) is 6.26 Å². The van der Waals surface area contributed by atoms with Gasteiger partial charge in [0.15, 0.2) is 0 Å². The van der Waals surface area contributed by atoms with Gasteiger partial charge in [-0.05, 0) is 24.7 Å². The minimum atomic E-state index is -0.960. The van der Waals surface area contributed by atoms with Crippen LogP contribution in [0.5, 0.6) is 0 Å². The molecule has 3 atom stereocenters. The zero-order valence-electron chi connectivity index (χ0n) is 13.2. The van der Waals surface area contributed by atoms with E-state index in [9.17, 15) is 18.9 Å². The Morgan fingerprint density at radius 2 is 2.10 bits per heavy atom. The van der Waals surface area contributed by atoms with Gasteiger partial charge in [-0.3, -0.25) is 4.21 Å². The molecule has 1 fully saturated rings. The largest absolute Gasteiger partial charge is 0.480 e. The Bertz CT molecular complexity index is 425. The van der Waals surface area contributed by atoms with E-state index >= 15 is 0 Å². The zero-order chi connectivity index (χ0) is 16.2. The standard InChI is InChI=1S/C14H26N2O4S/c1-10(21(4)20)6-8-15-13(19)16-9-5-7-14(2,3)11(16)12(17)18/h10-11H,5-9H2,1-4H3,(H,15,19)(H,17,18). The molecule has 1 aliphatic heterocycles. The second-order valence-corrected chi connectivity index (χ2v) is 8.16. The smallest absolute Gasteiger partial charge is 0.327 e. The molecule has 0 aromatic rings. The average Bonchev–Trinajstić information content (AvgIpc) is 2.36. The summed E-state index contributed by atoms with van der Waals surface area (Å²) in [6.45, 7) is 6.50. The third-order valence-electron chi connectivity index (χ3n) is 4.16. The summed E-state index contributed by atoms with van der Waals surface area (Å²) in [5.41, 5.74) is -0.431. The first-order valence-corrected chi connectivity index (χ1v) is 8.88. The van der Waals surface area contributed by atoms with Gasteiger partial charge in [-0.2, -0.15) is 0 Å². The SMILES string of the molecule is CC(CCNC(=O)N1CCCC(C)(C)C1C(=O)O)S(C)=O. The number of hydrogen-bond acceptors (Lipinski definition) is 3. The molecule has 0 aromatic carbocycles. The lowest BCUT2D eigenvalue weighted by Crippen LogP contribution is -2.58. The average molecular weight is 318 g/mol. The maximum Gasteiger partial charge on any atom is 0.327 e. The summed E-state index contributed by atoms with van der Waals surface area (Å²) in [7, 11) is -0.916. The minimum absolute atomic E-state index is 0.0124. The molecule has 1 heterocycles. The molecule has 0 aliphatic carbocycles. The minimum Gasteiger partial charge on any atom is -0.480 e. The van der Waals surface area contributed by atoms with Crippen molar-refractivity contribution in [2.24, 2.45) is 5.41 Å². The van der Waals surface area contributed by atoms with E-state index in [1.165, 1.54) is 4.90 Å². The second-order valence-electron chi connectivity index (χ2n) is 6.36. The molecule has 0 radical (unpaired) electrons. The van der Waals surface area contributed by atoms with Crippen molar-refractivity contribution in [3.8, 4) is 0 Å². The van der Waals surface area contributed by atoms with Crippen LogP contribution >= 0.6 is 0 Å². The van der Waals surface area contributed by atoms with Crippen LogP contribution in [0.15, 0.2) is 0 Å². The molecule has 1 rings (SSSR count). The Balaban J connectivity index is 2.63. The highest BCUT2D eigenvalue weighted by atomic mass is 32.2. The molecule has 122 valence electrons. The second kappa shape index (κ2) is 7.24. The summed E-state index contributed by atoms with van der Waals surface area (Å²) in [4.78, 5) is 25.1. The summed E-state index contributed by atoms with van der Waals surface area (Å²) in [5, 5.41) is 12.2. The van der Waals surface area contributed by atoms with Gasteiger partial charge in [0.2, 0.25) is 0 Å². The highest BCUT2D eigenvalue weighted by Gasteiger charge is 2.44. The van der Waals surface area contributed by atoms with Gasteiger partial charge in [-0.1, -0.05) is 20.8 Å². The maximum absolute atomic E-state index is 12.2. The molecule has 2 amide bonds. The first-order valence-electron chi connectivity index (χ1n) is 7.26. The van der Waals surface area contributed by atoms with Crippen LogP contribution in [0.2, 0.25) is 0 Å². The number of piperidine rings is 1. The molecule has 21 heavy (non-hydrogen) atoms. The molecule has 6 nitrogen and oxygen atoms in total. The number of likely N-dealkylation sites (tertiary alicyclic amines) is 1. The number of carbonyl (C=O) groups is 2. The van der Waals surface area contributed by atoms with Crippen LogP contribution in [0.25, 0.3) is 0 Å². The van der Waals surface area contributed by atoms with E-state index < -0.39 is 28.2 Å². The molecule has 1 aliphatic rings. The fraction of sp³-hybridized carbons (Fsp3) is 0.857. The van der Waals surface area contributed by atoms with E-state index in [1.807, 2.05) is 20.8 Å². The molecule has 0 saturated carbocycles. The Morgan fingerprint density at radius 1 is 1.48 bits per heavy atom. The van der Waals surface area contributed by atoms with Gasteiger partial charge >= 0.3 is 12.0 Å². The van der Waals surface area contributed by atoms with Gasteiger partial charge < -0.3 is 15.3 Å². The Labute approximate surface area is 128 Å². The van der Waals surface area contributed by atoms with Gasteiger partial charge in [-0.15, -0.1) is 0 Å². The van der Waals surface area contributed by atoms with Gasteiger partial charge in [0.1, 0.15) is 6.04 Å². The summed E-state index contributed by atoms with van der Waals surface area (Å²) in [5.74, 6) is -0.960. The van der Waals surface area contributed by atoms with Crippen LogP contribution < -0.4 is 5.32 Å². The number of carbonyl (C=O) groups excluding carboxylic acids is 1. The molecule has 7 heteroatoms. The zero-order valence-corrected chi connectivity index (χ0v) is 14.0. The molecule has 0 bridgehead atoms. The highest BCUT2D eigenvalue weighted by Crippen LogP contribution is 2.35. The van der Waals surface area contributed by atoms with E-state index in [0.717, 1.165) is 12.8 Å². The maximum atomic E-state index is 12.2. The topological polar surface area (TPSA) is 86.7 Å². The molecule has 1 saturated heterocycles. The molecule has 0 aromatic heterocycles. The number of nitrogens with zero attached hydrogens (tertiary/aromatic N) is 1. The van der Waals surface area contributed by atoms with Crippen molar-refractivity contribution in [2.75, 3.05) is 19.3 Å². The van der Waals surface area contributed by atoms with Gasteiger partial charge in [0.25, 0.3) is 0 Å². The Morgan fingerprint density at radius 3 is 2.62 bits per heavy atom. The van der Waals surface area contributed by atoms with E-state index in [-0.39, 0.29) is 11.3 Å². The number of amides is 2. The number of hydrogen-bond donors (Lipinski definition) is 2. The Kier molecular flexibility index (Phi) is 6.19. The van der Waals surface area contributed by atoms with Crippen molar-refractivity contribution < 1.29 is 18.9 Å². The molecule has 2 N–H and O–H groups in total. The normalized spacial score (nSPS) is 24.2. The van der Waals surface area contributed by atoms with E-state index in [4.69, 9.17) is 0 Å². The van der Waals surface area contributed by atoms with Crippen LogP contribution in [-0.2, 0) is 15.6 Å². The van der Waals surface area contributed by atoms with Crippen molar-refractivity contribution in [2.45, 2.75) is 51.3 Å². The van der Waals surface area contributed by atoms with Crippen LogP contribution in [0.4, 0.5) is 4.79 Å². The summed E-state index contributed by atoms with van der Waals surface area (Å²) in [6, 6.07) is -1.15. The number of rotatable bonds is 5. The number of nitrogens with one attached hydrogen (secondary N) is 1. The van der Waals surface area contributed by atoms with Gasteiger partial charge in [0, 0.05) is 35.4 Å². The highest BCUT2D eigenvalue weighted by molar-refractivity contribution is 7.84. The van der Waals surface area contributed by atoms with E-state index in [0.29, 0.717) is 19.5 Å². The van der Waals surface area contributed by atoms with Crippen LogP contribution in [0.1, 0.15) is 40.0 Å². The van der Waals surface area contributed by atoms with Crippen molar-refractivity contribution in [1.29, 1.82) is 0 Å². The first kappa shape index (κ1) is 17.9. The van der Waals surface area contributed by atoms with Crippen molar-refractivity contribution >= 4 is 22.8 Å². The third-order valence-corrected chi connectivity index (χ3v) is 5.53. The summed E-state index contributed by atoms with van der Waals surface area (Å²) < 4.78 is 11.3. The lowest BCUT2D eigenvalue weighted by atomic mass is 9.76. The Hall–Kier alpha value is -1.11. The van der Waals surface area contributed by atoms with E-state index in [2.05, 4.69) is 5.32 Å². The lowest BCUT2D eigenvalue weighted by Gasteiger charge is -2.43. The van der Waals surface area contributed by atoms with Crippen LogP contribution in [0, 0.1) is 5.41 Å². The van der Waals surface area contributed by atoms with Gasteiger partial charge in [-0.25, -0.2) is 9.59 Å².